The molecule has 1 N–H and O–H groups in total. The SMILES string of the molecule is Fc1ccc(Cn2c(CC3CCN(CCNCc4ccccn4)CC3)nc3cccnc32)cc1. The van der Waals surface area contributed by atoms with Crippen LogP contribution in [0.3, 0.4) is 0 Å². The molecule has 0 unspecified atom stereocenters. The molecule has 3 aromatic heterocycles. The highest BCUT2D eigenvalue weighted by Crippen LogP contribution is 2.24. The molecule has 0 bridgehead atoms. The lowest BCUT2D eigenvalue weighted by atomic mass is 9.93. The Morgan fingerprint density at radius 1 is 0.941 bits per heavy atom. The number of aromatic nitrogens is 4. The van der Waals surface area contributed by atoms with Gasteiger partial charge in [0, 0.05) is 38.4 Å². The highest BCUT2D eigenvalue weighted by atomic mass is 19.1. The maximum Gasteiger partial charge on any atom is 0.160 e. The van der Waals surface area contributed by atoms with Gasteiger partial charge in [0.2, 0.25) is 0 Å². The predicted molar refractivity (Wildman–Crippen MR) is 132 cm³/mol. The van der Waals surface area contributed by atoms with Crippen molar-refractivity contribution >= 4 is 11.2 Å². The summed E-state index contributed by atoms with van der Waals surface area (Å²) in [4.78, 5) is 16.4. The van der Waals surface area contributed by atoms with Gasteiger partial charge in [-0.1, -0.05) is 18.2 Å². The van der Waals surface area contributed by atoms with Crippen LogP contribution in [0.25, 0.3) is 11.2 Å². The van der Waals surface area contributed by atoms with E-state index >= 15 is 0 Å². The van der Waals surface area contributed by atoms with Gasteiger partial charge in [0.05, 0.1) is 12.2 Å². The Hall–Kier alpha value is -3.16. The molecule has 0 saturated carbocycles. The van der Waals surface area contributed by atoms with Crippen molar-refractivity contribution in [1.82, 2.24) is 29.7 Å². The molecule has 0 amide bonds. The lowest BCUT2D eigenvalue weighted by molar-refractivity contribution is 0.183. The van der Waals surface area contributed by atoms with E-state index in [2.05, 4.69) is 30.8 Å². The van der Waals surface area contributed by atoms with E-state index in [-0.39, 0.29) is 5.82 Å². The standard InChI is InChI=1S/C27H31FN6/c28-23-8-6-22(7-9-23)20-34-26(32-25-5-3-13-31-27(25)34)18-21-10-15-33(16-11-21)17-14-29-19-24-4-1-2-12-30-24/h1-9,12-13,21,29H,10-11,14-20H2. The van der Waals surface area contributed by atoms with E-state index in [1.54, 1.807) is 0 Å². The molecule has 7 heteroatoms. The first-order chi connectivity index (χ1) is 16.7. The Bertz CT molecular complexity index is 1180. The number of nitrogens with zero attached hydrogens (tertiary/aromatic N) is 5. The van der Waals surface area contributed by atoms with E-state index in [1.165, 1.54) is 25.0 Å². The second-order valence-electron chi connectivity index (χ2n) is 9.07. The smallest absolute Gasteiger partial charge is 0.160 e. The minimum Gasteiger partial charge on any atom is -0.310 e. The number of likely N-dealkylation sites (tertiary alicyclic amines) is 1. The molecule has 1 saturated heterocycles. The maximum absolute atomic E-state index is 13.4. The molecule has 1 aliphatic rings. The molecule has 4 heterocycles. The molecule has 4 aromatic rings. The molecule has 5 rings (SSSR count). The van der Waals surface area contributed by atoms with E-state index in [0.29, 0.717) is 12.5 Å². The number of rotatable bonds is 9. The van der Waals surface area contributed by atoms with Crippen molar-refractivity contribution < 1.29 is 4.39 Å². The van der Waals surface area contributed by atoms with Gasteiger partial charge in [-0.3, -0.25) is 4.98 Å². The van der Waals surface area contributed by atoms with Gasteiger partial charge >= 0.3 is 0 Å². The average molecular weight is 459 g/mol. The lowest BCUT2D eigenvalue weighted by Gasteiger charge is -2.32. The number of pyridine rings is 2. The molecule has 1 fully saturated rings. The first-order valence-corrected chi connectivity index (χ1v) is 12.1. The number of hydrogen-bond acceptors (Lipinski definition) is 5. The van der Waals surface area contributed by atoms with Gasteiger partial charge in [0.15, 0.2) is 5.65 Å². The van der Waals surface area contributed by atoms with Crippen LogP contribution in [0.1, 0.15) is 29.9 Å². The van der Waals surface area contributed by atoms with Crippen LogP contribution in [0.15, 0.2) is 67.0 Å². The minimum atomic E-state index is -0.212. The van der Waals surface area contributed by atoms with Crippen LogP contribution in [-0.4, -0.2) is 50.6 Å². The number of piperidine rings is 1. The molecule has 0 aliphatic carbocycles. The maximum atomic E-state index is 13.4. The van der Waals surface area contributed by atoms with Crippen molar-refractivity contribution in [3.8, 4) is 0 Å². The van der Waals surface area contributed by atoms with E-state index in [9.17, 15) is 4.39 Å². The molecule has 0 spiro atoms. The molecular weight excluding hydrogens is 427 g/mol. The van der Waals surface area contributed by atoms with Crippen molar-refractivity contribution in [2.24, 2.45) is 5.92 Å². The summed E-state index contributed by atoms with van der Waals surface area (Å²) < 4.78 is 15.6. The molecule has 0 radical (unpaired) electrons. The summed E-state index contributed by atoms with van der Waals surface area (Å²) in [6.07, 6.45) is 6.95. The molecule has 6 nitrogen and oxygen atoms in total. The van der Waals surface area contributed by atoms with Gasteiger partial charge in [0.1, 0.15) is 17.2 Å². The highest BCUT2D eigenvalue weighted by molar-refractivity contribution is 5.71. The van der Waals surface area contributed by atoms with Crippen LogP contribution in [0, 0.1) is 11.7 Å². The molecule has 34 heavy (non-hydrogen) atoms. The zero-order valence-electron chi connectivity index (χ0n) is 19.4. The third-order valence-electron chi connectivity index (χ3n) is 6.65. The number of benzene rings is 1. The van der Waals surface area contributed by atoms with Crippen LogP contribution in [0.5, 0.6) is 0 Å². The Balaban J connectivity index is 1.16. The number of hydrogen-bond donors (Lipinski definition) is 1. The molecule has 176 valence electrons. The average Bonchev–Trinajstić information content (AvgIpc) is 3.21. The molecule has 1 aromatic carbocycles. The third kappa shape index (κ3) is 5.66. The van der Waals surface area contributed by atoms with Crippen molar-refractivity contribution in [2.45, 2.75) is 32.4 Å². The minimum absolute atomic E-state index is 0.212. The number of imidazole rings is 1. The fraction of sp³-hybridized carbons (Fsp3) is 0.370. The zero-order valence-corrected chi connectivity index (χ0v) is 19.4. The summed E-state index contributed by atoms with van der Waals surface area (Å²) in [5.41, 5.74) is 3.97. The number of fused-ring (bicyclic) bond motifs is 1. The first kappa shape index (κ1) is 22.6. The second kappa shape index (κ2) is 10.8. The Morgan fingerprint density at radius 2 is 1.76 bits per heavy atom. The largest absolute Gasteiger partial charge is 0.310 e. The van der Waals surface area contributed by atoms with E-state index in [1.807, 2.05) is 48.8 Å². The van der Waals surface area contributed by atoms with E-state index in [4.69, 9.17) is 4.98 Å². The third-order valence-corrected chi connectivity index (χ3v) is 6.65. The summed E-state index contributed by atoms with van der Waals surface area (Å²) in [7, 11) is 0. The van der Waals surface area contributed by atoms with Gasteiger partial charge in [-0.15, -0.1) is 0 Å². The Morgan fingerprint density at radius 3 is 2.56 bits per heavy atom. The van der Waals surface area contributed by atoms with E-state index < -0.39 is 0 Å². The summed E-state index contributed by atoms with van der Waals surface area (Å²) >= 11 is 0. The van der Waals surface area contributed by atoms with Crippen molar-refractivity contribution in [2.75, 3.05) is 26.2 Å². The number of nitrogens with one attached hydrogen (secondary N) is 1. The second-order valence-corrected chi connectivity index (χ2v) is 9.07. The normalized spacial score (nSPS) is 15.2. The van der Waals surface area contributed by atoms with Crippen LogP contribution >= 0.6 is 0 Å². The summed E-state index contributed by atoms with van der Waals surface area (Å²) in [6, 6.07) is 16.7. The first-order valence-electron chi connectivity index (χ1n) is 12.1. The van der Waals surface area contributed by atoms with Crippen LogP contribution in [-0.2, 0) is 19.5 Å². The molecular formula is C27H31FN6. The van der Waals surface area contributed by atoms with Gasteiger partial charge in [-0.25, -0.2) is 14.4 Å². The topological polar surface area (TPSA) is 58.9 Å². The number of halogens is 1. The molecule has 1 aliphatic heterocycles. The summed E-state index contributed by atoms with van der Waals surface area (Å²) in [5, 5.41) is 3.50. The van der Waals surface area contributed by atoms with Gasteiger partial charge < -0.3 is 14.8 Å². The highest BCUT2D eigenvalue weighted by Gasteiger charge is 2.22. The van der Waals surface area contributed by atoms with Crippen LogP contribution in [0.4, 0.5) is 4.39 Å². The monoisotopic (exact) mass is 458 g/mol. The van der Waals surface area contributed by atoms with Crippen molar-refractivity contribution in [1.29, 1.82) is 0 Å². The Labute approximate surface area is 199 Å². The summed E-state index contributed by atoms with van der Waals surface area (Å²) in [5.74, 6) is 1.48. The van der Waals surface area contributed by atoms with Crippen LogP contribution in [0.2, 0.25) is 0 Å². The predicted octanol–water partition coefficient (Wildman–Crippen LogP) is 4.06. The van der Waals surface area contributed by atoms with Crippen molar-refractivity contribution in [3.63, 3.8) is 0 Å². The van der Waals surface area contributed by atoms with Gasteiger partial charge in [0.25, 0.3) is 0 Å². The van der Waals surface area contributed by atoms with Crippen LogP contribution < -0.4 is 5.32 Å². The van der Waals surface area contributed by atoms with Gasteiger partial charge in [-0.2, -0.15) is 0 Å². The van der Waals surface area contributed by atoms with Gasteiger partial charge in [-0.05, 0) is 73.8 Å². The molecule has 0 atom stereocenters. The lowest BCUT2D eigenvalue weighted by Crippen LogP contribution is -2.38. The fourth-order valence-electron chi connectivity index (χ4n) is 4.73. The zero-order chi connectivity index (χ0) is 23.2. The summed E-state index contributed by atoms with van der Waals surface area (Å²) in [6.45, 7) is 5.74. The van der Waals surface area contributed by atoms with Crippen molar-refractivity contribution in [3.05, 3.63) is 89.9 Å². The fourth-order valence-corrected chi connectivity index (χ4v) is 4.73. The Kier molecular flexibility index (Phi) is 7.22. The van der Waals surface area contributed by atoms with E-state index in [0.717, 1.165) is 67.4 Å². The quantitative estimate of drug-likeness (QED) is 0.384.